The number of nitrogens with one attached hydrogen (secondary N) is 1. The van der Waals surface area contributed by atoms with Gasteiger partial charge in [0.1, 0.15) is 11.6 Å². The molecule has 0 aliphatic carbocycles. The van der Waals surface area contributed by atoms with Gasteiger partial charge in [-0.3, -0.25) is 9.69 Å². The van der Waals surface area contributed by atoms with Gasteiger partial charge < -0.3 is 10.1 Å². The Morgan fingerprint density at radius 2 is 1.81 bits per heavy atom. The van der Waals surface area contributed by atoms with Crippen LogP contribution in [-0.4, -0.2) is 31.5 Å². The molecule has 3 rings (SSSR count). The highest BCUT2D eigenvalue weighted by atomic mass is 19.1. The number of halogens is 1. The summed E-state index contributed by atoms with van der Waals surface area (Å²) >= 11 is 0. The minimum absolute atomic E-state index is 0.133. The lowest BCUT2D eigenvalue weighted by atomic mass is 10.1. The van der Waals surface area contributed by atoms with Crippen molar-refractivity contribution < 1.29 is 13.9 Å². The average Bonchev–Trinajstić information content (AvgIpc) is 2.66. The zero-order valence-corrected chi connectivity index (χ0v) is 15.5. The number of hydrogen-bond acceptors (Lipinski definition) is 3. The van der Waals surface area contributed by atoms with Crippen LogP contribution in [0, 0.1) is 5.82 Å². The minimum atomic E-state index is -0.307. The van der Waals surface area contributed by atoms with E-state index in [0.717, 1.165) is 22.1 Å². The molecule has 3 aromatic rings. The summed E-state index contributed by atoms with van der Waals surface area (Å²) in [5.74, 6) is 0.393. The predicted octanol–water partition coefficient (Wildman–Crippen LogP) is 3.74. The van der Waals surface area contributed by atoms with E-state index in [0.29, 0.717) is 12.1 Å². The van der Waals surface area contributed by atoms with Crippen molar-refractivity contribution in [2.24, 2.45) is 0 Å². The van der Waals surface area contributed by atoms with Crippen LogP contribution >= 0.6 is 0 Å². The van der Waals surface area contributed by atoms with Gasteiger partial charge in [0.2, 0.25) is 5.91 Å². The number of amides is 1. The van der Waals surface area contributed by atoms with Gasteiger partial charge in [-0.15, -0.1) is 0 Å². The molecule has 4 nitrogen and oxygen atoms in total. The van der Waals surface area contributed by atoms with Gasteiger partial charge in [-0.25, -0.2) is 4.39 Å². The normalized spacial score (nSPS) is 11.0. The minimum Gasteiger partial charge on any atom is -0.497 e. The first kappa shape index (κ1) is 18.9. The molecule has 0 fully saturated rings. The zero-order chi connectivity index (χ0) is 19.2. The Morgan fingerprint density at radius 1 is 1.07 bits per heavy atom. The summed E-state index contributed by atoms with van der Waals surface area (Å²) in [6.07, 6.45) is 0. The molecule has 3 aromatic carbocycles. The van der Waals surface area contributed by atoms with Crippen LogP contribution in [-0.2, 0) is 17.9 Å². The van der Waals surface area contributed by atoms with Gasteiger partial charge in [0.05, 0.1) is 13.7 Å². The second-order valence-corrected chi connectivity index (χ2v) is 6.59. The first-order chi connectivity index (χ1) is 13.0. The van der Waals surface area contributed by atoms with E-state index < -0.39 is 0 Å². The molecule has 0 saturated carbocycles. The molecular weight excluding hydrogens is 343 g/mol. The molecule has 27 heavy (non-hydrogen) atoms. The molecular formula is C22H23FN2O2. The van der Waals surface area contributed by atoms with E-state index in [1.807, 2.05) is 30.1 Å². The Hall–Kier alpha value is -2.92. The van der Waals surface area contributed by atoms with Crippen molar-refractivity contribution in [3.8, 4) is 5.75 Å². The number of carbonyl (C=O) groups is 1. The van der Waals surface area contributed by atoms with E-state index in [4.69, 9.17) is 4.74 Å². The summed E-state index contributed by atoms with van der Waals surface area (Å²) in [6, 6.07) is 18.6. The molecule has 140 valence electrons. The number of likely N-dealkylation sites (N-methyl/N-ethyl adjacent to an activating group) is 1. The van der Waals surface area contributed by atoms with Crippen LogP contribution < -0.4 is 10.1 Å². The van der Waals surface area contributed by atoms with Gasteiger partial charge >= 0.3 is 0 Å². The van der Waals surface area contributed by atoms with Crippen molar-refractivity contribution in [1.29, 1.82) is 0 Å². The fourth-order valence-electron chi connectivity index (χ4n) is 3.00. The molecule has 0 bridgehead atoms. The second-order valence-electron chi connectivity index (χ2n) is 6.59. The standard InChI is InChI=1S/C22H23FN2O2/c1-25(15-22(26)24-13-19-5-3-4-6-21(19)23)14-16-7-8-18-12-20(27-2)10-9-17(18)11-16/h3-12H,13-15H2,1-2H3,(H,24,26). The maximum atomic E-state index is 13.6. The highest BCUT2D eigenvalue weighted by Gasteiger charge is 2.09. The Bertz CT molecular complexity index is 942. The summed E-state index contributed by atoms with van der Waals surface area (Å²) in [4.78, 5) is 14.1. The summed E-state index contributed by atoms with van der Waals surface area (Å²) in [6.45, 7) is 1.08. The van der Waals surface area contributed by atoms with E-state index in [2.05, 4.69) is 23.5 Å². The molecule has 0 spiro atoms. The van der Waals surface area contributed by atoms with Crippen molar-refractivity contribution in [2.75, 3.05) is 20.7 Å². The monoisotopic (exact) mass is 366 g/mol. The van der Waals surface area contributed by atoms with Crippen LogP contribution in [0.5, 0.6) is 5.75 Å². The smallest absolute Gasteiger partial charge is 0.234 e. The largest absolute Gasteiger partial charge is 0.497 e. The highest BCUT2D eigenvalue weighted by molar-refractivity contribution is 5.84. The number of methoxy groups -OCH3 is 1. The molecule has 0 aliphatic heterocycles. The Morgan fingerprint density at radius 3 is 2.59 bits per heavy atom. The molecule has 0 heterocycles. The number of carbonyl (C=O) groups excluding carboxylic acids is 1. The number of fused-ring (bicyclic) bond motifs is 1. The van der Waals surface area contributed by atoms with Crippen LogP contribution in [0.2, 0.25) is 0 Å². The third kappa shape index (κ3) is 5.05. The number of benzene rings is 3. The van der Waals surface area contributed by atoms with Crippen molar-refractivity contribution in [3.63, 3.8) is 0 Å². The molecule has 1 N–H and O–H groups in total. The maximum absolute atomic E-state index is 13.6. The van der Waals surface area contributed by atoms with Gasteiger partial charge in [-0.2, -0.15) is 0 Å². The average molecular weight is 366 g/mol. The van der Waals surface area contributed by atoms with Crippen molar-refractivity contribution >= 4 is 16.7 Å². The molecule has 0 radical (unpaired) electrons. The van der Waals surface area contributed by atoms with Crippen molar-refractivity contribution in [2.45, 2.75) is 13.1 Å². The summed E-state index contributed by atoms with van der Waals surface area (Å²) < 4.78 is 18.8. The van der Waals surface area contributed by atoms with Gasteiger partial charge in [-0.05, 0) is 47.6 Å². The second kappa shape index (κ2) is 8.64. The predicted molar refractivity (Wildman–Crippen MR) is 105 cm³/mol. The quantitative estimate of drug-likeness (QED) is 0.693. The third-order valence-corrected chi connectivity index (χ3v) is 4.41. The van der Waals surface area contributed by atoms with E-state index in [9.17, 15) is 9.18 Å². The summed E-state index contributed by atoms with van der Waals surface area (Å²) in [5.41, 5.74) is 1.61. The van der Waals surface area contributed by atoms with Crippen LogP contribution in [0.15, 0.2) is 60.7 Å². The van der Waals surface area contributed by atoms with Gasteiger partial charge in [-0.1, -0.05) is 36.4 Å². The van der Waals surface area contributed by atoms with Crippen LogP contribution in [0.25, 0.3) is 10.8 Å². The lowest BCUT2D eigenvalue weighted by Crippen LogP contribution is -2.34. The first-order valence-corrected chi connectivity index (χ1v) is 8.80. The van der Waals surface area contributed by atoms with Crippen LogP contribution in [0.3, 0.4) is 0 Å². The van der Waals surface area contributed by atoms with E-state index in [1.54, 1.807) is 25.3 Å². The van der Waals surface area contributed by atoms with Gasteiger partial charge in [0.25, 0.3) is 0 Å². The summed E-state index contributed by atoms with van der Waals surface area (Å²) in [5, 5.41) is 5.01. The third-order valence-electron chi connectivity index (χ3n) is 4.41. The molecule has 1 amide bonds. The molecule has 0 saturated heterocycles. The Balaban J connectivity index is 1.55. The van der Waals surface area contributed by atoms with E-state index in [-0.39, 0.29) is 24.8 Å². The first-order valence-electron chi connectivity index (χ1n) is 8.80. The number of hydrogen-bond donors (Lipinski definition) is 1. The molecule has 5 heteroatoms. The highest BCUT2D eigenvalue weighted by Crippen LogP contribution is 2.22. The molecule has 0 unspecified atom stereocenters. The number of rotatable bonds is 7. The van der Waals surface area contributed by atoms with Crippen molar-refractivity contribution in [3.05, 3.63) is 77.6 Å². The topological polar surface area (TPSA) is 41.6 Å². The van der Waals surface area contributed by atoms with Gasteiger partial charge in [0, 0.05) is 18.7 Å². The fourth-order valence-corrected chi connectivity index (χ4v) is 3.00. The molecule has 0 atom stereocenters. The number of ether oxygens (including phenoxy) is 1. The van der Waals surface area contributed by atoms with E-state index in [1.165, 1.54) is 6.07 Å². The lowest BCUT2D eigenvalue weighted by Gasteiger charge is -2.17. The lowest BCUT2D eigenvalue weighted by molar-refractivity contribution is -0.122. The number of nitrogens with zero attached hydrogens (tertiary/aromatic N) is 1. The van der Waals surface area contributed by atoms with Crippen LogP contribution in [0.1, 0.15) is 11.1 Å². The Labute approximate surface area is 158 Å². The zero-order valence-electron chi connectivity index (χ0n) is 15.5. The fraction of sp³-hybridized carbons (Fsp3) is 0.227. The Kier molecular flexibility index (Phi) is 6.04. The summed E-state index contributed by atoms with van der Waals surface area (Å²) in [7, 11) is 3.54. The molecule has 0 aliphatic rings. The van der Waals surface area contributed by atoms with Crippen LogP contribution in [0.4, 0.5) is 4.39 Å². The van der Waals surface area contributed by atoms with Crippen molar-refractivity contribution in [1.82, 2.24) is 10.2 Å². The van der Waals surface area contributed by atoms with Gasteiger partial charge in [0.15, 0.2) is 0 Å². The SMILES string of the molecule is COc1ccc2cc(CN(C)CC(=O)NCc3ccccc3F)ccc2c1. The molecule has 0 aromatic heterocycles. The van der Waals surface area contributed by atoms with E-state index >= 15 is 0 Å². The maximum Gasteiger partial charge on any atom is 0.234 e.